The van der Waals surface area contributed by atoms with Gasteiger partial charge in [0.2, 0.25) is 0 Å². The molecule has 8 fully saturated rings. The topological polar surface area (TPSA) is 71.1 Å². The normalized spacial score (nSPS) is 43.3. The van der Waals surface area contributed by atoms with Crippen LogP contribution < -0.4 is 10.6 Å². The van der Waals surface area contributed by atoms with Gasteiger partial charge in [-0.15, -0.1) is 0 Å². The number of nitrogens with zero attached hydrogens (tertiary/aromatic N) is 1. The molecule has 8 bridgehead atoms. The maximum absolute atomic E-state index is 13.1. The Morgan fingerprint density at radius 3 is 1.44 bits per heavy atom. The molecule has 0 radical (unpaired) electrons. The Labute approximate surface area is 216 Å². The Bertz CT molecular complexity index is 893. The van der Waals surface area contributed by atoms with Crippen LogP contribution >= 0.6 is 0 Å². The second kappa shape index (κ2) is 8.30. The molecule has 5 heteroatoms. The van der Waals surface area contributed by atoms with Crippen molar-refractivity contribution in [2.75, 3.05) is 0 Å². The lowest BCUT2D eigenvalue weighted by molar-refractivity contribution is -0.0688. The molecule has 5 nitrogen and oxygen atoms in total. The van der Waals surface area contributed by atoms with Crippen molar-refractivity contribution in [3.63, 3.8) is 0 Å². The van der Waals surface area contributed by atoms with Crippen molar-refractivity contribution >= 4 is 11.8 Å². The molecule has 9 rings (SSSR count). The van der Waals surface area contributed by atoms with E-state index in [2.05, 4.69) is 29.5 Å². The van der Waals surface area contributed by atoms with E-state index in [1.807, 2.05) is 0 Å². The van der Waals surface area contributed by atoms with Crippen molar-refractivity contribution in [3.8, 4) is 0 Å². The van der Waals surface area contributed by atoms with Crippen LogP contribution in [0.5, 0.6) is 0 Å². The highest BCUT2D eigenvalue weighted by Crippen LogP contribution is 2.62. The number of carbonyl (C=O) groups excluding carboxylic acids is 2. The summed E-state index contributed by atoms with van der Waals surface area (Å²) in [7, 11) is 0. The van der Waals surface area contributed by atoms with Gasteiger partial charge >= 0.3 is 0 Å². The minimum absolute atomic E-state index is 0.0559. The van der Waals surface area contributed by atoms with Gasteiger partial charge in [0, 0.05) is 18.3 Å². The number of hydrogen-bond donors (Lipinski definition) is 2. The Hall–Kier alpha value is -1.91. The van der Waals surface area contributed by atoms with Crippen molar-refractivity contribution in [1.82, 2.24) is 15.6 Å². The predicted molar refractivity (Wildman–Crippen MR) is 139 cm³/mol. The quantitative estimate of drug-likeness (QED) is 0.534. The lowest BCUT2D eigenvalue weighted by Gasteiger charge is -2.59. The molecule has 1 aromatic rings. The average Bonchev–Trinajstić information content (AvgIpc) is 2.82. The third-order valence-corrected chi connectivity index (χ3v) is 12.0. The molecule has 0 aliphatic heterocycles. The van der Waals surface area contributed by atoms with E-state index in [4.69, 9.17) is 0 Å². The molecule has 2 unspecified atom stereocenters. The second-order valence-corrected chi connectivity index (χ2v) is 14.4. The van der Waals surface area contributed by atoms with Crippen LogP contribution in [0, 0.1) is 46.3 Å². The Morgan fingerprint density at radius 1 is 0.694 bits per heavy atom. The zero-order valence-electron chi connectivity index (χ0n) is 22.1. The molecule has 2 N–H and O–H groups in total. The van der Waals surface area contributed by atoms with E-state index in [1.54, 1.807) is 18.3 Å². The maximum Gasteiger partial charge on any atom is 0.270 e. The van der Waals surface area contributed by atoms with E-state index in [1.165, 1.54) is 77.0 Å². The summed E-state index contributed by atoms with van der Waals surface area (Å²) in [6.45, 7) is 4.42. The van der Waals surface area contributed by atoms with E-state index < -0.39 is 0 Å². The smallest absolute Gasteiger partial charge is 0.270 e. The molecule has 2 atom stereocenters. The molecule has 1 aromatic heterocycles. The zero-order chi connectivity index (χ0) is 24.7. The minimum Gasteiger partial charge on any atom is -0.349 e. The van der Waals surface area contributed by atoms with E-state index in [0.717, 1.165) is 35.5 Å². The fourth-order valence-corrected chi connectivity index (χ4v) is 10.9. The highest BCUT2D eigenvalue weighted by atomic mass is 16.2. The standard InChI is InChI=1S/C31H43N3O2/c1-18(30-11-20-5-21(12-30)7-22(6-20)13-30)33-28(35)26-3-4-27(32-17-26)29(36)34-19(2)31-14-23-8-24(15-31)10-25(9-23)16-31/h3-4,17-25H,5-16H2,1-2H3,(H,33,35)(H,34,36). The molecular weight excluding hydrogens is 446 g/mol. The van der Waals surface area contributed by atoms with Crippen LogP contribution in [0.25, 0.3) is 0 Å². The Morgan fingerprint density at radius 2 is 1.08 bits per heavy atom. The van der Waals surface area contributed by atoms with E-state index in [-0.39, 0.29) is 34.7 Å². The van der Waals surface area contributed by atoms with E-state index in [9.17, 15) is 9.59 Å². The monoisotopic (exact) mass is 489 g/mol. The van der Waals surface area contributed by atoms with Gasteiger partial charge in [-0.2, -0.15) is 0 Å². The summed E-state index contributed by atoms with van der Waals surface area (Å²) in [4.78, 5) is 30.6. The summed E-state index contributed by atoms with van der Waals surface area (Å²) < 4.78 is 0. The summed E-state index contributed by atoms with van der Waals surface area (Å²) in [6.07, 6.45) is 17.7. The predicted octanol–water partition coefficient (Wildman–Crippen LogP) is 5.75. The van der Waals surface area contributed by atoms with E-state index >= 15 is 0 Å². The van der Waals surface area contributed by atoms with Crippen LogP contribution in [0.1, 0.15) is 112 Å². The number of amides is 2. The molecule has 36 heavy (non-hydrogen) atoms. The molecular formula is C31H43N3O2. The molecule has 8 aliphatic carbocycles. The van der Waals surface area contributed by atoms with Gasteiger partial charge in [0.05, 0.1) is 5.56 Å². The Kier molecular flexibility index (Phi) is 5.35. The molecule has 194 valence electrons. The second-order valence-electron chi connectivity index (χ2n) is 14.4. The van der Waals surface area contributed by atoms with Crippen LogP contribution in [-0.4, -0.2) is 28.9 Å². The van der Waals surface area contributed by atoms with Gasteiger partial charge in [-0.1, -0.05) is 0 Å². The molecule has 0 saturated heterocycles. The van der Waals surface area contributed by atoms with Crippen LogP contribution in [0.3, 0.4) is 0 Å². The van der Waals surface area contributed by atoms with Crippen molar-refractivity contribution in [2.24, 2.45) is 46.3 Å². The number of nitrogens with one attached hydrogen (secondary N) is 2. The zero-order valence-corrected chi connectivity index (χ0v) is 22.1. The van der Waals surface area contributed by atoms with Crippen LogP contribution in [0.2, 0.25) is 0 Å². The highest BCUT2D eigenvalue weighted by Gasteiger charge is 2.54. The van der Waals surface area contributed by atoms with E-state index in [0.29, 0.717) is 11.3 Å². The first-order chi connectivity index (χ1) is 17.3. The SMILES string of the molecule is CC(NC(=O)c1ccc(C(=O)NC(C)C23CC4CC(CC(C4)C2)C3)nc1)C12CC3CC(CC(C3)C1)C2. The van der Waals surface area contributed by atoms with Gasteiger partial charge in [-0.05, 0) is 149 Å². The van der Waals surface area contributed by atoms with Gasteiger partial charge in [0.1, 0.15) is 5.69 Å². The summed E-state index contributed by atoms with van der Waals surface area (Å²) in [6, 6.07) is 3.86. The number of hydrogen-bond acceptors (Lipinski definition) is 3. The summed E-state index contributed by atoms with van der Waals surface area (Å²) in [5.74, 6) is 5.06. The molecule has 0 spiro atoms. The summed E-state index contributed by atoms with van der Waals surface area (Å²) in [5.41, 5.74) is 1.53. The number of rotatable bonds is 6. The summed E-state index contributed by atoms with van der Waals surface area (Å²) in [5, 5.41) is 6.64. The fourth-order valence-electron chi connectivity index (χ4n) is 10.9. The largest absolute Gasteiger partial charge is 0.349 e. The van der Waals surface area contributed by atoms with Crippen molar-refractivity contribution < 1.29 is 9.59 Å². The first-order valence-electron chi connectivity index (χ1n) is 14.9. The average molecular weight is 490 g/mol. The molecule has 8 aliphatic rings. The van der Waals surface area contributed by atoms with Crippen LogP contribution in [0.15, 0.2) is 18.3 Å². The number of aromatic nitrogens is 1. The fraction of sp³-hybridized carbons (Fsp3) is 0.774. The van der Waals surface area contributed by atoms with Crippen molar-refractivity contribution in [3.05, 3.63) is 29.6 Å². The first-order valence-corrected chi connectivity index (χ1v) is 14.9. The first kappa shape index (κ1) is 23.2. The van der Waals surface area contributed by atoms with Crippen LogP contribution in [-0.2, 0) is 0 Å². The lowest BCUT2D eigenvalue weighted by atomic mass is 9.48. The number of pyridine rings is 1. The van der Waals surface area contributed by atoms with Gasteiger partial charge in [-0.25, -0.2) is 0 Å². The van der Waals surface area contributed by atoms with Crippen LogP contribution in [0.4, 0.5) is 0 Å². The third-order valence-electron chi connectivity index (χ3n) is 12.0. The lowest BCUT2D eigenvalue weighted by Crippen LogP contribution is -2.56. The minimum atomic E-state index is -0.105. The van der Waals surface area contributed by atoms with Crippen molar-refractivity contribution in [1.29, 1.82) is 0 Å². The molecule has 1 heterocycles. The number of carbonyl (C=O) groups is 2. The Balaban J connectivity index is 0.980. The molecule has 8 saturated carbocycles. The third kappa shape index (κ3) is 3.82. The van der Waals surface area contributed by atoms with Gasteiger partial charge < -0.3 is 10.6 Å². The summed E-state index contributed by atoms with van der Waals surface area (Å²) >= 11 is 0. The van der Waals surface area contributed by atoms with Crippen molar-refractivity contribution in [2.45, 2.75) is 103 Å². The van der Waals surface area contributed by atoms with Gasteiger partial charge in [0.15, 0.2) is 0 Å². The maximum atomic E-state index is 13.1. The van der Waals surface area contributed by atoms with Gasteiger partial charge in [-0.3, -0.25) is 14.6 Å². The van der Waals surface area contributed by atoms with Gasteiger partial charge in [0.25, 0.3) is 11.8 Å². The molecule has 0 aromatic carbocycles. The molecule has 2 amide bonds. The highest BCUT2D eigenvalue weighted by molar-refractivity contribution is 5.96.